The Morgan fingerprint density at radius 1 is 1.25 bits per heavy atom. The third-order valence-corrected chi connectivity index (χ3v) is 3.36. The molecule has 3 heteroatoms. The summed E-state index contributed by atoms with van der Waals surface area (Å²) in [6.45, 7) is 0.620. The molecular weight excluding hydrogens is 199 g/mol. The summed E-state index contributed by atoms with van der Waals surface area (Å²) in [5.41, 5.74) is 0.813. The van der Waals surface area contributed by atoms with Crippen LogP contribution in [0.4, 0.5) is 0 Å². The zero-order chi connectivity index (χ0) is 11.4. The van der Waals surface area contributed by atoms with Crippen LogP contribution in [0.3, 0.4) is 0 Å². The molecule has 84 valence electrons. The molecule has 0 aromatic heterocycles. The maximum absolute atomic E-state index is 12.0. The monoisotopic (exact) mass is 216 g/mol. The van der Waals surface area contributed by atoms with E-state index in [2.05, 4.69) is 0 Å². The Morgan fingerprint density at radius 2 is 1.88 bits per heavy atom. The fourth-order valence-electron chi connectivity index (χ4n) is 2.37. The van der Waals surface area contributed by atoms with Crippen molar-refractivity contribution in [3.63, 3.8) is 0 Å². The summed E-state index contributed by atoms with van der Waals surface area (Å²) < 4.78 is 5.07. The van der Waals surface area contributed by atoms with Gasteiger partial charge in [0.25, 0.3) is 0 Å². The molecule has 1 aromatic carbocycles. The van der Waals surface area contributed by atoms with Crippen molar-refractivity contribution >= 4 is 12.5 Å². The van der Waals surface area contributed by atoms with Gasteiger partial charge in [-0.25, -0.2) is 0 Å². The molecule has 0 saturated carbocycles. The van der Waals surface area contributed by atoms with Gasteiger partial charge in [-0.3, -0.25) is 4.79 Å². The third-order valence-electron chi connectivity index (χ3n) is 3.36. The summed E-state index contributed by atoms with van der Waals surface area (Å²) in [7, 11) is 1.63. The highest BCUT2D eigenvalue weighted by atomic mass is 16.5. The molecule has 0 bridgehead atoms. The van der Waals surface area contributed by atoms with Crippen molar-refractivity contribution in [2.24, 2.45) is 0 Å². The molecule has 16 heavy (non-hydrogen) atoms. The van der Waals surface area contributed by atoms with Gasteiger partial charge in [-0.2, -0.15) is 0 Å². The number of hydrogen-bond acceptors (Lipinski definition) is 2. The van der Waals surface area contributed by atoms with Crippen molar-refractivity contribution in [3.8, 4) is 5.75 Å². The number of carbonyl (C=O) groups is 1. The van der Waals surface area contributed by atoms with Gasteiger partial charge in [0.2, 0.25) is 0 Å². The Hall–Kier alpha value is -1.25. The van der Waals surface area contributed by atoms with E-state index in [9.17, 15) is 4.79 Å². The fourth-order valence-corrected chi connectivity index (χ4v) is 2.37. The van der Waals surface area contributed by atoms with Crippen molar-refractivity contribution in [1.82, 2.24) is 0 Å². The van der Waals surface area contributed by atoms with Gasteiger partial charge in [-0.05, 0) is 30.6 Å². The number of hydrogen-bond donors (Lipinski definition) is 0. The van der Waals surface area contributed by atoms with E-state index in [1.807, 2.05) is 24.3 Å². The summed E-state index contributed by atoms with van der Waals surface area (Å²) in [6, 6.07) is 7.41. The molecule has 0 atom stereocenters. The van der Waals surface area contributed by atoms with Crippen molar-refractivity contribution in [2.75, 3.05) is 7.11 Å². The van der Waals surface area contributed by atoms with Gasteiger partial charge in [-0.15, -0.1) is 0 Å². The number of benzene rings is 1. The lowest BCUT2D eigenvalue weighted by molar-refractivity contribution is 0.101. The van der Waals surface area contributed by atoms with Crippen LogP contribution in [0.5, 0.6) is 5.75 Å². The summed E-state index contributed by atoms with van der Waals surface area (Å²) in [5.74, 6) is 1.08. The van der Waals surface area contributed by atoms with Crippen LogP contribution in [0.15, 0.2) is 24.3 Å². The lowest BCUT2D eigenvalue weighted by atomic mass is 9.45. The van der Waals surface area contributed by atoms with E-state index in [0.717, 1.165) is 11.3 Å². The molecular formula is C13H17BO2. The van der Waals surface area contributed by atoms with Crippen LogP contribution in [-0.4, -0.2) is 19.6 Å². The molecule has 1 fully saturated rings. The lowest BCUT2D eigenvalue weighted by Gasteiger charge is -2.05. The molecule has 1 aliphatic heterocycles. The largest absolute Gasteiger partial charge is 0.497 e. The van der Waals surface area contributed by atoms with Gasteiger partial charge in [0.15, 0.2) is 5.78 Å². The van der Waals surface area contributed by atoms with Crippen LogP contribution in [0.2, 0.25) is 19.0 Å². The zero-order valence-corrected chi connectivity index (χ0v) is 9.74. The van der Waals surface area contributed by atoms with Gasteiger partial charge in [0.1, 0.15) is 12.5 Å². The number of Topliss-reactive ketones (excluding diaryl/α,β-unsaturated/α-hetero) is 1. The first-order chi connectivity index (χ1) is 7.79. The highest BCUT2D eigenvalue weighted by molar-refractivity contribution is 6.63. The minimum Gasteiger partial charge on any atom is -0.497 e. The average Bonchev–Trinajstić information content (AvgIpc) is 2.82. The van der Waals surface area contributed by atoms with Gasteiger partial charge >= 0.3 is 0 Å². The topological polar surface area (TPSA) is 26.3 Å². The van der Waals surface area contributed by atoms with Crippen LogP contribution in [-0.2, 0) is 0 Å². The number of methoxy groups -OCH3 is 1. The minimum absolute atomic E-state index is 0.273. The number of ether oxygens (including phenoxy) is 1. The highest BCUT2D eigenvalue weighted by Crippen LogP contribution is 2.24. The van der Waals surface area contributed by atoms with Gasteiger partial charge in [0, 0.05) is 5.56 Å². The molecule has 1 aliphatic rings. The van der Waals surface area contributed by atoms with Crippen molar-refractivity contribution in [1.29, 1.82) is 0 Å². The first-order valence-corrected chi connectivity index (χ1v) is 5.97. The summed E-state index contributed by atoms with van der Waals surface area (Å²) >= 11 is 0. The first-order valence-electron chi connectivity index (χ1n) is 5.97. The molecule has 1 saturated heterocycles. The Balaban J connectivity index is 1.97. The van der Waals surface area contributed by atoms with Crippen molar-refractivity contribution < 1.29 is 9.53 Å². The van der Waals surface area contributed by atoms with Gasteiger partial charge < -0.3 is 4.74 Å². The molecule has 0 spiro atoms. The predicted molar refractivity (Wildman–Crippen MR) is 66.7 cm³/mol. The van der Waals surface area contributed by atoms with E-state index in [4.69, 9.17) is 4.74 Å². The summed E-state index contributed by atoms with van der Waals surface area (Å²) in [5, 5.41) is 0. The second-order valence-electron chi connectivity index (χ2n) is 4.51. The summed E-state index contributed by atoms with van der Waals surface area (Å²) in [4.78, 5) is 12.0. The maximum atomic E-state index is 12.0. The molecule has 0 N–H and O–H groups in total. The quantitative estimate of drug-likeness (QED) is 0.570. The van der Waals surface area contributed by atoms with Crippen LogP contribution in [0.25, 0.3) is 0 Å². The second-order valence-corrected chi connectivity index (χ2v) is 4.51. The number of rotatable bonds is 4. The third kappa shape index (κ3) is 2.66. The molecule has 0 amide bonds. The molecule has 0 aliphatic carbocycles. The van der Waals surface area contributed by atoms with E-state index < -0.39 is 0 Å². The van der Waals surface area contributed by atoms with Crippen LogP contribution >= 0.6 is 0 Å². The molecule has 0 radical (unpaired) electrons. The lowest BCUT2D eigenvalue weighted by Crippen LogP contribution is -2.12. The minimum atomic E-state index is 0.273. The molecule has 1 heterocycles. The Morgan fingerprint density at radius 3 is 2.44 bits per heavy atom. The molecule has 2 nitrogen and oxygen atoms in total. The Kier molecular flexibility index (Phi) is 3.65. The zero-order valence-electron chi connectivity index (χ0n) is 9.74. The normalized spacial score (nSPS) is 15.2. The average molecular weight is 216 g/mol. The Labute approximate surface area is 97.1 Å². The Bertz CT molecular complexity index is 353. The fraction of sp³-hybridized carbons (Fsp3) is 0.462. The smallest absolute Gasteiger partial charge is 0.155 e. The first kappa shape index (κ1) is 11.2. The van der Waals surface area contributed by atoms with E-state index in [1.54, 1.807) is 7.11 Å². The standard InChI is InChI=1S/C13H17BO2/c1-16-12-6-4-11(5-7-12)13(15)10-14-8-2-3-9-14/h4-7H,2-3,8-10H2,1H3. The predicted octanol–water partition coefficient (Wildman–Crippen LogP) is 3.17. The van der Waals surface area contributed by atoms with Crippen LogP contribution < -0.4 is 4.74 Å². The van der Waals surface area contributed by atoms with Crippen LogP contribution in [0.1, 0.15) is 23.2 Å². The van der Waals surface area contributed by atoms with E-state index >= 15 is 0 Å². The molecule has 1 aromatic rings. The molecule has 0 unspecified atom stereocenters. The van der Waals surface area contributed by atoms with Crippen molar-refractivity contribution in [3.05, 3.63) is 29.8 Å². The van der Waals surface area contributed by atoms with E-state index in [0.29, 0.717) is 13.0 Å². The second kappa shape index (κ2) is 5.19. The number of carbonyl (C=O) groups excluding carboxylic acids is 1. The van der Waals surface area contributed by atoms with E-state index in [-0.39, 0.29) is 5.78 Å². The van der Waals surface area contributed by atoms with Crippen LogP contribution in [0, 0.1) is 0 Å². The van der Waals surface area contributed by atoms with Gasteiger partial charge in [-0.1, -0.05) is 25.5 Å². The molecule has 2 rings (SSSR count). The van der Waals surface area contributed by atoms with Gasteiger partial charge in [0.05, 0.1) is 7.11 Å². The SMILES string of the molecule is COc1ccc(C(=O)CB2CCCC2)cc1. The summed E-state index contributed by atoms with van der Waals surface area (Å²) in [6.07, 6.45) is 5.75. The number of ketones is 1. The van der Waals surface area contributed by atoms with E-state index in [1.165, 1.54) is 25.5 Å². The van der Waals surface area contributed by atoms with Crippen molar-refractivity contribution in [2.45, 2.75) is 31.8 Å². The highest BCUT2D eigenvalue weighted by Gasteiger charge is 2.22. The maximum Gasteiger partial charge on any atom is 0.155 e.